The number of terminal acetylenes is 1. The van der Waals surface area contributed by atoms with Gasteiger partial charge in [0.25, 0.3) is 0 Å². The van der Waals surface area contributed by atoms with E-state index in [-0.39, 0.29) is 6.04 Å². The van der Waals surface area contributed by atoms with Crippen molar-refractivity contribution in [3.05, 3.63) is 23.9 Å². The van der Waals surface area contributed by atoms with Crippen LogP contribution in [0.25, 0.3) is 5.65 Å². The first-order chi connectivity index (χ1) is 8.24. The van der Waals surface area contributed by atoms with E-state index in [2.05, 4.69) is 28.2 Å². The number of hydrogen-bond donors (Lipinski definition) is 1. The van der Waals surface area contributed by atoms with E-state index in [0.29, 0.717) is 12.4 Å². The lowest BCUT2D eigenvalue weighted by molar-refractivity contribution is 0.705. The molecule has 2 rings (SSSR count). The van der Waals surface area contributed by atoms with Gasteiger partial charge in [0, 0.05) is 18.2 Å². The molecule has 0 bridgehead atoms. The highest BCUT2D eigenvalue weighted by Gasteiger charge is 2.09. The van der Waals surface area contributed by atoms with E-state index in [9.17, 15) is 0 Å². The average molecular weight is 228 g/mol. The summed E-state index contributed by atoms with van der Waals surface area (Å²) in [6.45, 7) is 4.10. The highest BCUT2D eigenvalue weighted by Crippen LogP contribution is 2.10. The quantitative estimate of drug-likeness (QED) is 0.816. The van der Waals surface area contributed by atoms with Crippen LogP contribution in [-0.4, -0.2) is 20.6 Å². The fourth-order valence-electron chi connectivity index (χ4n) is 1.72. The normalized spacial score (nSPS) is 12.3. The van der Waals surface area contributed by atoms with Gasteiger partial charge in [-0.05, 0) is 25.5 Å². The topological polar surface area (TPSA) is 42.2 Å². The van der Waals surface area contributed by atoms with Gasteiger partial charge in [-0.25, -0.2) is 4.52 Å². The van der Waals surface area contributed by atoms with Crippen LogP contribution in [0.1, 0.15) is 25.5 Å². The fourth-order valence-corrected chi connectivity index (χ4v) is 1.72. The van der Waals surface area contributed by atoms with E-state index in [1.165, 1.54) is 0 Å². The average Bonchev–Trinajstić information content (AvgIpc) is 2.72. The number of aryl methyl sites for hydroxylation is 1. The maximum Gasteiger partial charge on any atom is 0.243 e. The summed E-state index contributed by atoms with van der Waals surface area (Å²) in [5, 5.41) is 7.67. The number of hydrogen-bond acceptors (Lipinski definition) is 3. The maximum atomic E-state index is 5.32. The minimum absolute atomic E-state index is 0.234. The molecule has 4 heteroatoms. The van der Waals surface area contributed by atoms with Crippen molar-refractivity contribution in [3.63, 3.8) is 0 Å². The van der Waals surface area contributed by atoms with Gasteiger partial charge >= 0.3 is 0 Å². The summed E-state index contributed by atoms with van der Waals surface area (Å²) >= 11 is 0. The molecule has 1 unspecified atom stereocenters. The third kappa shape index (κ3) is 2.39. The predicted molar refractivity (Wildman–Crippen MR) is 68.9 cm³/mol. The Morgan fingerprint density at radius 3 is 3.00 bits per heavy atom. The van der Waals surface area contributed by atoms with Crippen molar-refractivity contribution in [2.24, 2.45) is 0 Å². The molecule has 17 heavy (non-hydrogen) atoms. The summed E-state index contributed by atoms with van der Waals surface area (Å²) in [5.41, 5.74) is 1.91. The highest BCUT2D eigenvalue weighted by molar-refractivity contribution is 5.44. The van der Waals surface area contributed by atoms with Crippen LogP contribution in [0.3, 0.4) is 0 Å². The number of nitrogens with zero attached hydrogens (tertiary/aromatic N) is 3. The van der Waals surface area contributed by atoms with Gasteiger partial charge in [0.15, 0.2) is 5.65 Å². The molecular weight excluding hydrogens is 212 g/mol. The zero-order valence-electron chi connectivity index (χ0n) is 10.1. The van der Waals surface area contributed by atoms with E-state index in [4.69, 9.17) is 6.42 Å². The van der Waals surface area contributed by atoms with Gasteiger partial charge in [-0.3, -0.25) is 0 Å². The Bertz CT molecular complexity index is 550. The monoisotopic (exact) mass is 228 g/mol. The standard InChI is InChI=1S/C13H16N4/c1-4-7-11(5-2)14-13-15-12-9-6-8-10(3)17(12)16-13/h1,6,8-9,11H,5,7H2,2-3H3,(H,14,16). The van der Waals surface area contributed by atoms with Crippen LogP contribution in [0.2, 0.25) is 0 Å². The molecule has 0 aliphatic heterocycles. The molecule has 2 aromatic heterocycles. The molecule has 2 aromatic rings. The minimum atomic E-state index is 0.234. The number of anilines is 1. The van der Waals surface area contributed by atoms with Crippen molar-refractivity contribution in [2.45, 2.75) is 32.7 Å². The van der Waals surface area contributed by atoms with E-state index in [1.54, 1.807) is 0 Å². The first-order valence-corrected chi connectivity index (χ1v) is 5.77. The minimum Gasteiger partial charge on any atom is -0.349 e. The van der Waals surface area contributed by atoms with Gasteiger partial charge in [-0.15, -0.1) is 17.4 Å². The molecule has 0 amide bonds. The third-order valence-corrected chi connectivity index (χ3v) is 2.74. The summed E-state index contributed by atoms with van der Waals surface area (Å²) in [6, 6.07) is 6.15. The highest BCUT2D eigenvalue weighted by atomic mass is 15.4. The first kappa shape index (κ1) is 11.5. The van der Waals surface area contributed by atoms with Gasteiger partial charge in [0.2, 0.25) is 5.95 Å². The first-order valence-electron chi connectivity index (χ1n) is 5.77. The molecule has 0 saturated heterocycles. The van der Waals surface area contributed by atoms with E-state index >= 15 is 0 Å². The van der Waals surface area contributed by atoms with Crippen molar-refractivity contribution < 1.29 is 0 Å². The molecule has 2 heterocycles. The molecule has 88 valence electrons. The molecule has 1 N–H and O–H groups in total. The van der Waals surface area contributed by atoms with Crippen molar-refractivity contribution in [1.82, 2.24) is 14.6 Å². The third-order valence-electron chi connectivity index (χ3n) is 2.74. The fraction of sp³-hybridized carbons (Fsp3) is 0.385. The number of aromatic nitrogens is 3. The van der Waals surface area contributed by atoms with Crippen molar-refractivity contribution in [1.29, 1.82) is 0 Å². The number of rotatable bonds is 4. The molecule has 0 fully saturated rings. The summed E-state index contributed by atoms with van der Waals surface area (Å²) in [7, 11) is 0. The van der Waals surface area contributed by atoms with Crippen molar-refractivity contribution in [3.8, 4) is 12.3 Å². The molecule has 1 atom stereocenters. The Kier molecular flexibility index (Phi) is 3.29. The van der Waals surface area contributed by atoms with Gasteiger partial charge in [-0.1, -0.05) is 13.0 Å². The second kappa shape index (κ2) is 4.88. The van der Waals surface area contributed by atoms with Crippen LogP contribution in [0.15, 0.2) is 18.2 Å². The van der Waals surface area contributed by atoms with Crippen LogP contribution in [0.4, 0.5) is 5.95 Å². The van der Waals surface area contributed by atoms with Gasteiger partial charge in [0.1, 0.15) is 0 Å². The molecule has 0 aromatic carbocycles. The second-order valence-electron chi connectivity index (χ2n) is 4.03. The molecule has 0 spiro atoms. The second-order valence-corrected chi connectivity index (χ2v) is 4.03. The van der Waals surface area contributed by atoms with E-state index in [1.807, 2.05) is 29.6 Å². The van der Waals surface area contributed by atoms with Gasteiger partial charge in [0.05, 0.1) is 0 Å². The Morgan fingerprint density at radius 1 is 1.53 bits per heavy atom. The zero-order valence-corrected chi connectivity index (χ0v) is 10.1. The van der Waals surface area contributed by atoms with E-state index in [0.717, 1.165) is 17.8 Å². The van der Waals surface area contributed by atoms with Crippen LogP contribution in [0.5, 0.6) is 0 Å². The van der Waals surface area contributed by atoms with Crippen LogP contribution in [-0.2, 0) is 0 Å². The number of fused-ring (bicyclic) bond motifs is 1. The molecule has 0 aliphatic rings. The summed E-state index contributed by atoms with van der Waals surface area (Å²) in [6.07, 6.45) is 6.96. The maximum absolute atomic E-state index is 5.32. The summed E-state index contributed by atoms with van der Waals surface area (Å²) < 4.78 is 1.82. The Labute approximate surface area is 101 Å². The lowest BCUT2D eigenvalue weighted by Gasteiger charge is -2.11. The Hall–Kier alpha value is -2.02. The largest absolute Gasteiger partial charge is 0.349 e. The number of pyridine rings is 1. The zero-order chi connectivity index (χ0) is 12.3. The summed E-state index contributed by atoms with van der Waals surface area (Å²) in [4.78, 5) is 4.42. The molecular formula is C13H16N4. The van der Waals surface area contributed by atoms with E-state index < -0.39 is 0 Å². The SMILES string of the molecule is C#CCC(CC)Nc1nc2cccc(C)n2n1. The lowest BCUT2D eigenvalue weighted by atomic mass is 10.2. The Balaban J connectivity index is 2.25. The molecule has 4 nitrogen and oxygen atoms in total. The van der Waals surface area contributed by atoms with Crippen molar-refractivity contribution >= 4 is 11.6 Å². The van der Waals surface area contributed by atoms with Crippen molar-refractivity contribution in [2.75, 3.05) is 5.32 Å². The smallest absolute Gasteiger partial charge is 0.243 e. The van der Waals surface area contributed by atoms with Gasteiger partial charge in [-0.2, -0.15) is 4.98 Å². The van der Waals surface area contributed by atoms with Crippen LogP contribution >= 0.6 is 0 Å². The van der Waals surface area contributed by atoms with Crippen LogP contribution < -0.4 is 5.32 Å². The summed E-state index contributed by atoms with van der Waals surface area (Å²) in [5.74, 6) is 3.30. The Morgan fingerprint density at radius 2 is 2.35 bits per heavy atom. The molecule has 0 saturated carbocycles. The molecule has 0 aliphatic carbocycles. The molecule has 0 radical (unpaired) electrons. The van der Waals surface area contributed by atoms with Gasteiger partial charge < -0.3 is 5.32 Å². The lowest BCUT2D eigenvalue weighted by Crippen LogP contribution is -2.18. The van der Waals surface area contributed by atoms with Crippen LogP contribution in [0, 0.1) is 19.3 Å². The number of nitrogens with one attached hydrogen (secondary N) is 1. The predicted octanol–water partition coefficient (Wildman–Crippen LogP) is 2.25.